The number of aliphatic hydroxyl groups is 1. The van der Waals surface area contributed by atoms with E-state index in [0.717, 1.165) is 18.5 Å². The van der Waals surface area contributed by atoms with Gasteiger partial charge in [0.25, 0.3) is 0 Å². The predicted octanol–water partition coefficient (Wildman–Crippen LogP) is 1.49. The molecule has 0 aliphatic heterocycles. The van der Waals surface area contributed by atoms with Gasteiger partial charge in [0, 0.05) is 6.04 Å². The Morgan fingerprint density at radius 1 is 1.36 bits per heavy atom. The van der Waals surface area contributed by atoms with Crippen molar-refractivity contribution in [2.45, 2.75) is 25.0 Å². The zero-order chi connectivity index (χ0) is 9.97. The van der Waals surface area contributed by atoms with Gasteiger partial charge in [0.15, 0.2) is 0 Å². The fourth-order valence-electron chi connectivity index (χ4n) is 1.63. The molecule has 0 bridgehead atoms. The highest BCUT2D eigenvalue weighted by Gasteiger charge is 2.27. The average Bonchev–Trinajstić information content (AvgIpc) is 2.16. The summed E-state index contributed by atoms with van der Waals surface area (Å²) in [5.41, 5.74) is 1.53. The van der Waals surface area contributed by atoms with E-state index in [2.05, 4.69) is 11.4 Å². The lowest BCUT2D eigenvalue weighted by Crippen LogP contribution is -2.39. The number of hydrogen-bond acceptors (Lipinski definition) is 3. The highest BCUT2D eigenvalue weighted by atomic mass is 16.3. The maximum Gasteiger partial charge on any atom is 0.101 e. The molecule has 2 N–H and O–H groups in total. The lowest BCUT2D eigenvalue weighted by Gasteiger charge is -2.33. The second-order valence-corrected chi connectivity index (χ2v) is 3.62. The Labute approximate surface area is 83.0 Å². The number of benzene rings is 1. The molecular weight excluding hydrogens is 176 g/mol. The molecule has 1 aromatic carbocycles. The minimum atomic E-state index is -0.165. The third-order valence-corrected chi connectivity index (χ3v) is 2.52. The normalized spacial score (nSPS) is 24.9. The number of nitrogens with one attached hydrogen (secondary N) is 1. The first-order valence-corrected chi connectivity index (χ1v) is 4.73. The van der Waals surface area contributed by atoms with Crippen molar-refractivity contribution in [1.29, 1.82) is 5.26 Å². The van der Waals surface area contributed by atoms with E-state index in [-0.39, 0.29) is 6.10 Å². The Kier molecular flexibility index (Phi) is 2.38. The lowest BCUT2D eigenvalue weighted by atomic mass is 9.89. The van der Waals surface area contributed by atoms with E-state index >= 15 is 0 Å². The SMILES string of the molecule is N#Cc1ccccc1NC1CC(O)C1. The summed E-state index contributed by atoms with van der Waals surface area (Å²) < 4.78 is 0. The van der Waals surface area contributed by atoms with Gasteiger partial charge in [-0.25, -0.2) is 0 Å². The summed E-state index contributed by atoms with van der Waals surface area (Å²) in [7, 11) is 0. The number of para-hydroxylation sites is 1. The minimum Gasteiger partial charge on any atom is -0.393 e. The standard InChI is InChI=1S/C11H12N2O/c12-7-8-3-1-2-4-11(8)13-9-5-10(14)6-9/h1-4,9-10,13-14H,5-6H2. The topological polar surface area (TPSA) is 56.0 Å². The summed E-state index contributed by atoms with van der Waals surface area (Å²) >= 11 is 0. The Balaban J connectivity index is 2.06. The number of aliphatic hydroxyl groups excluding tert-OH is 1. The molecule has 0 spiro atoms. The smallest absolute Gasteiger partial charge is 0.101 e. The first-order chi connectivity index (χ1) is 6.79. The Morgan fingerprint density at radius 3 is 2.71 bits per heavy atom. The first kappa shape index (κ1) is 9.04. The molecule has 3 nitrogen and oxygen atoms in total. The monoisotopic (exact) mass is 188 g/mol. The quantitative estimate of drug-likeness (QED) is 0.739. The molecule has 1 aromatic rings. The highest BCUT2D eigenvalue weighted by Crippen LogP contribution is 2.25. The van der Waals surface area contributed by atoms with Crippen LogP contribution in [0, 0.1) is 11.3 Å². The summed E-state index contributed by atoms with van der Waals surface area (Å²) in [6.07, 6.45) is 1.39. The molecule has 2 rings (SSSR count). The second kappa shape index (κ2) is 3.69. The maximum atomic E-state index is 9.12. The van der Waals surface area contributed by atoms with Crippen LogP contribution < -0.4 is 5.32 Å². The van der Waals surface area contributed by atoms with Crippen molar-refractivity contribution >= 4 is 5.69 Å². The predicted molar refractivity (Wildman–Crippen MR) is 53.8 cm³/mol. The van der Waals surface area contributed by atoms with Crippen LogP contribution in [-0.2, 0) is 0 Å². The molecule has 1 saturated carbocycles. The average molecular weight is 188 g/mol. The molecule has 0 atom stereocenters. The minimum absolute atomic E-state index is 0.165. The van der Waals surface area contributed by atoms with Crippen LogP contribution in [0.5, 0.6) is 0 Å². The van der Waals surface area contributed by atoms with E-state index in [1.165, 1.54) is 0 Å². The van der Waals surface area contributed by atoms with Gasteiger partial charge in [-0.3, -0.25) is 0 Å². The van der Waals surface area contributed by atoms with Crippen molar-refractivity contribution in [3.8, 4) is 6.07 Å². The molecule has 0 radical (unpaired) electrons. The second-order valence-electron chi connectivity index (χ2n) is 3.62. The molecular formula is C11H12N2O. The van der Waals surface area contributed by atoms with Gasteiger partial charge in [0.1, 0.15) is 6.07 Å². The Morgan fingerprint density at radius 2 is 2.07 bits per heavy atom. The van der Waals surface area contributed by atoms with Crippen LogP contribution in [0.3, 0.4) is 0 Å². The van der Waals surface area contributed by atoms with E-state index < -0.39 is 0 Å². The zero-order valence-electron chi connectivity index (χ0n) is 7.77. The fraction of sp³-hybridized carbons (Fsp3) is 0.364. The molecule has 1 aliphatic rings. The lowest BCUT2D eigenvalue weighted by molar-refractivity contribution is 0.0836. The van der Waals surface area contributed by atoms with Gasteiger partial charge in [-0.15, -0.1) is 0 Å². The van der Waals surface area contributed by atoms with Crippen molar-refractivity contribution in [2.24, 2.45) is 0 Å². The summed E-state index contributed by atoms with van der Waals surface area (Å²) in [6.45, 7) is 0. The number of anilines is 1. The van der Waals surface area contributed by atoms with Crippen molar-refractivity contribution in [3.05, 3.63) is 29.8 Å². The number of nitriles is 1. The van der Waals surface area contributed by atoms with Crippen molar-refractivity contribution in [2.75, 3.05) is 5.32 Å². The molecule has 0 unspecified atom stereocenters. The molecule has 72 valence electrons. The van der Waals surface area contributed by atoms with Crippen molar-refractivity contribution in [3.63, 3.8) is 0 Å². The summed E-state index contributed by atoms with van der Waals surface area (Å²) in [4.78, 5) is 0. The largest absolute Gasteiger partial charge is 0.393 e. The Hall–Kier alpha value is -1.53. The van der Waals surface area contributed by atoms with Crippen LogP contribution in [0.25, 0.3) is 0 Å². The number of hydrogen-bond donors (Lipinski definition) is 2. The fourth-order valence-corrected chi connectivity index (χ4v) is 1.63. The molecule has 14 heavy (non-hydrogen) atoms. The Bertz CT molecular complexity index is 364. The van der Waals surface area contributed by atoms with E-state index in [4.69, 9.17) is 10.4 Å². The molecule has 0 amide bonds. The van der Waals surface area contributed by atoms with Gasteiger partial charge in [-0.05, 0) is 25.0 Å². The summed E-state index contributed by atoms with van der Waals surface area (Å²) in [5.74, 6) is 0. The summed E-state index contributed by atoms with van der Waals surface area (Å²) in [6, 6.07) is 9.88. The first-order valence-electron chi connectivity index (χ1n) is 4.73. The molecule has 1 fully saturated rings. The molecule has 0 saturated heterocycles. The van der Waals surface area contributed by atoms with Crippen molar-refractivity contribution in [1.82, 2.24) is 0 Å². The number of rotatable bonds is 2. The molecule has 3 heteroatoms. The van der Waals surface area contributed by atoms with Crippen LogP contribution in [-0.4, -0.2) is 17.3 Å². The van der Waals surface area contributed by atoms with E-state index in [1.54, 1.807) is 6.07 Å². The van der Waals surface area contributed by atoms with Crippen LogP contribution in [0.15, 0.2) is 24.3 Å². The van der Waals surface area contributed by atoms with E-state index in [1.807, 2.05) is 18.2 Å². The van der Waals surface area contributed by atoms with Gasteiger partial charge in [0.05, 0.1) is 17.4 Å². The van der Waals surface area contributed by atoms with Gasteiger partial charge in [-0.2, -0.15) is 5.26 Å². The van der Waals surface area contributed by atoms with Crippen LogP contribution >= 0.6 is 0 Å². The van der Waals surface area contributed by atoms with Gasteiger partial charge < -0.3 is 10.4 Å². The van der Waals surface area contributed by atoms with Gasteiger partial charge >= 0.3 is 0 Å². The third-order valence-electron chi connectivity index (χ3n) is 2.52. The molecule has 1 aliphatic carbocycles. The van der Waals surface area contributed by atoms with Crippen molar-refractivity contribution < 1.29 is 5.11 Å². The maximum absolute atomic E-state index is 9.12. The zero-order valence-corrected chi connectivity index (χ0v) is 7.77. The number of nitrogens with zero attached hydrogens (tertiary/aromatic N) is 1. The van der Waals surface area contributed by atoms with E-state index in [9.17, 15) is 0 Å². The summed E-state index contributed by atoms with van der Waals surface area (Å²) in [5, 5.41) is 21.2. The molecule has 0 aromatic heterocycles. The van der Waals surface area contributed by atoms with E-state index in [0.29, 0.717) is 11.6 Å². The third kappa shape index (κ3) is 1.70. The van der Waals surface area contributed by atoms with Crippen LogP contribution in [0.4, 0.5) is 5.69 Å². The van der Waals surface area contributed by atoms with Crippen LogP contribution in [0.2, 0.25) is 0 Å². The van der Waals surface area contributed by atoms with Gasteiger partial charge in [0.2, 0.25) is 0 Å². The van der Waals surface area contributed by atoms with Crippen LogP contribution in [0.1, 0.15) is 18.4 Å². The molecule has 0 heterocycles. The highest BCUT2D eigenvalue weighted by molar-refractivity contribution is 5.57. The van der Waals surface area contributed by atoms with Gasteiger partial charge in [-0.1, -0.05) is 12.1 Å².